The number of nitrogens with zero attached hydrogens (tertiary/aromatic N) is 4. The van der Waals surface area contributed by atoms with Crippen LogP contribution in [0.15, 0.2) is 91.3 Å². The lowest BCUT2D eigenvalue weighted by Gasteiger charge is -2.38. The van der Waals surface area contributed by atoms with E-state index in [0.717, 1.165) is 73.5 Å². The standard InChI is InChI=1S/C37H42N6O2/c1-27-7-2-3-11-34(27)41-19-21-42(22-20-41)35-15-14-31(24-33(35)40-36(44)29-12-13-29)30-9-4-8-28(23-30)26-43(18-6-16-38)37(45)32-10-5-17-39-25-32/h2-5,7-11,14-15,17,23-25,29H,6,12-13,16,18-22,26,38H2,1H3,(H,40,44). The lowest BCUT2D eigenvalue weighted by molar-refractivity contribution is -0.117. The highest BCUT2D eigenvalue weighted by molar-refractivity contribution is 5.98. The van der Waals surface area contributed by atoms with Crippen molar-refractivity contribution in [3.63, 3.8) is 0 Å². The molecule has 2 fully saturated rings. The molecule has 0 unspecified atom stereocenters. The third-order valence-corrected chi connectivity index (χ3v) is 8.74. The van der Waals surface area contributed by atoms with Crippen molar-refractivity contribution < 1.29 is 9.59 Å². The molecule has 1 aliphatic carbocycles. The van der Waals surface area contributed by atoms with Crippen molar-refractivity contribution in [3.8, 4) is 11.1 Å². The number of carbonyl (C=O) groups is 2. The lowest BCUT2D eigenvalue weighted by Crippen LogP contribution is -2.47. The Balaban J connectivity index is 1.23. The maximum Gasteiger partial charge on any atom is 0.255 e. The van der Waals surface area contributed by atoms with Crippen molar-refractivity contribution in [2.24, 2.45) is 11.7 Å². The Morgan fingerprint density at radius 3 is 2.36 bits per heavy atom. The second-order valence-corrected chi connectivity index (χ2v) is 12.1. The molecule has 1 aliphatic heterocycles. The number of aromatic nitrogens is 1. The Kier molecular flexibility index (Phi) is 9.41. The van der Waals surface area contributed by atoms with Gasteiger partial charge in [0.1, 0.15) is 0 Å². The third-order valence-electron chi connectivity index (χ3n) is 8.74. The van der Waals surface area contributed by atoms with Crippen LogP contribution in [-0.2, 0) is 11.3 Å². The first-order valence-corrected chi connectivity index (χ1v) is 16.0. The van der Waals surface area contributed by atoms with E-state index in [1.165, 1.54) is 11.3 Å². The molecule has 3 N–H and O–H groups in total. The van der Waals surface area contributed by atoms with Crippen LogP contribution in [0.2, 0.25) is 0 Å². The summed E-state index contributed by atoms with van der Waals surface area (Å²) in [5, 5.41) is 3.27. The zero-order chi connectivity index (χ0) is 31.2. The van der Waals surface area contributed by atoms with E-state index in [9.17, 15) is 9.59 Å². The van der Waals surface area contributed by atoms with Gasteiger partial charge in [0.2, 0.25) is 5.91 Å². The van der Waals surface area contributed by atoms with Crippen LogP contribution >= 0.6 is 0 Å². The van der Waals surface area contributed by atoms with Crippen LogP contribution < -0.4 is 20.9 Å². The van der Waals surface area contributed by atoms with Gasteiger partial charge in [0.25, 0.3) is 5.91 Å². The molecule has 6 rings (SSSR count). The second kappa shape index (κ2) is 13.9. The SMILES string of the molecule is Cc1ccccc1N1CCN(c2ccc(-c3cccc(CN(CCCN)C(=O)c4cccnc4)c3)cc2NC(=O)C2CC2)CC1. The van der Waals surface area contributed by atoms with E-state index in [0.29, 0.717) is 25.2 Å². The number of hydrogen-bond acceptors (Lipinski definition) is 6. The highest BCUT2D eigenvalue weighted by atomic mass is 16.2. The minimum Gasteiger partial charge on any atom is -0.368 e. The number of piperazine rings is 1. The summed E-state index contributed by atoms with van der Waals surface area (Å²) in [6, 6.07) is 26.8. The molecule has 4 aromatic rings. The number of amides is 2. The van der Waals surface area contributed by atoms with Crippen LogP contribution in [0.25, 0.3) is 11.1 Å². The zero-order valence-corrected chi connectivity index (χ0v) is 26.0. The molecule has 0 bridgehead atoms. The van der Waals surface area contributed by atoms with E-state index in [4.69, 9.17) is 5.73 Å². The summed E-state index contributed by atoms with van der Waals surface area (Å²) < 4.78 is 0. The van der Waals surface area contributed by atoms with Gasteiger partial charge in [0, 0.05) is 63.3 Å². The Hall–Kier alpha value is -4.69. The first kappa shape index (κ1) is 30.3. The molecule has 2 heterocycles. The number of benzene rings is 3. The maximum atomic E-state index is 13.3. The van der Waals surface area contributed by atoms with Crippen molar-refractivity contribution in [2.75, 3.05) is 54.4 Å². The number of aryl methyl sites for hydroxylation is 1. The minimum absolute atomic E-state index is 0.0566. The Morgan fingerprint density at radius 2 is 1.64 bits per heavy atom. The molecule has 232 valence electrons. The number of pyridine rings is 1. The summed E-state index contributed by atoms with van der Waals surface area (Å²) in [6.45, 7) is 7.30. The Labute approximate surface area is 265 Å². The number of carbonyl (C=O) groups excluding carboxylic acids is 2. The fourth-order valence-electron chi connectivity index (χ4n) is 6.05. The normalized spacial score (nSPS) is 14.7. The number of para-hydroxylation sites is 1. The van der Waals surface area contributed by atoms with Gasteiger partial charge in [-0.25, -0.2) is 0 Å². The molecular formula is C37H42N6O2. The van der Waals surface area contributed by atoms with Crippen LogP contribution in [0.3, 0.4) is 0 Å². The highest BCUT2D eigenvalue weighted by Gasteiger charge is 2.31. The average Bonchev–Trinajstić information content (AvgIpc) is 3.93. The topological polar surface area (TPSA) is 94.8 Å². The predicted octanol–water partition coefficient (Wildman–Crippen LogP) is 5.72. The Morgan fingerprint density at radius 1 is 0.889 bits per heavy atom. The molecule has 1 saturated carbocycles. The molecule has 0 atom stereocenters. The van der Waals surface area contributed by atoms with E-state index in [1.807, 2.05) is 17.0 Å². The molecular weight excluding hydrogens is 560 g/mol. The van der Waals surface area contributed by atoms with E-state index in [1.54, 1.807) is 24.5 Å². The first-order valence-electron chi connectivity index (χ1n) is 16.0. The molecule has 0 spiro atoms. The van der Waals surface area contributed by atoms with Crippen LogP contribution in [0.5, 0.6) is 0 Å². The van der Waals surface area contributed by atoms with Crippen LogP contribution in [-0.4, -0.2) is 61.0 Å². The number of nitrogens with one attached hydrogen (secondary N) is 1. The molecule has 3 aromatic carbocycles. The van der Waals surface area contributed by atoms with Gasteiger partial charge >= 0.3 is 0 Å². The largest absolute Gasteiger partial charge is 0.368 e. The second-order valence-electron chi connectivity index (χ2n) is 12.1. The van der Waals surface area contributed by atoms with E-state index in [2.05, 4.69) is 81.6 Å². The van der Waals surface area contributed by atoms with Gasteiger partial charge in [-0.2, -0.15) is 0 Å². The zero-order valence-electron chi connectivity index (χ0n) is 26.0. The Bertz CT molecular complexity index is 1630. The number of anilines is 3. The van der Waals surface area contributed by atoms with Gasteiger partial charge in [0.05, 0.1) is 16.9 Å². The molecule has 45 heavy (non-hydrogen) atoms. The van der Waals surface area contributed by atoms with E-state index < -0.39 is 0 Å². The fraction of sp³-hybridized carbons (Fsp3) is 0.324. The van der Waals surface area contributed by atoms with Gasteiger partial charge in [-0.1, -0.05) is 42.5 Å². The molecule has 8 heteroatoms. The summed E-state index contributed by atoms with van der Waals surface area (Å²) in [4.78, 5) is 37.1. The number of nitrogens with two attached hydrogens (primary N) is 1. The predicted molar refractivity (Wildman–Crippen MR) is 181 cm³/mol. The average molecular weight is 603 g/mol. The maximum absolute atomic E-state index is 13.3. The van der Waals surface area contributed by atoms with Gasteiger partial charge in [-0.3, -0.25) is 14.6 Å². The molecule has 0 radical (unpaired) electrons. The van der Waals surface area contributed by atoms with Crippen molar-refractivity contribution in [2.45, 2.75) is 32.7 Å². The molecule has 1 aromatic heterocycles. The minimum atomic E-state index is -0.0566. The fourth-order valence-corrected chi connectivity index (χ4v) is 6.05. The summed E-state index contributed by atoms with van der Waals surface area (Å²) >= 11 is 0. The monoisotopic (exact) mass is 602 g/mol. The van der Waals surface area contributed by atoms with Gasteiger partial charge in [-0.05, 0) is 91.4 Å². The van der Waals surface area contributed by atoms with Crippen molar-refractivity contribution >= 4 is 28.9 Å². The van der Waals surface area contributed by atoms with E-state index >= 15 is 0 Å². The quantitative estimate of drug-likeness (QED) is 0.228. The summed E-state index contributed by atoms with van der Waals surface area (Å²) in [5.41, 5.74) is 14.0. The molecule has 2 amide bonds. The van der Waals surface area contributed by atoms with Crippen LogP contribution in [0.4, 0.5) is 17.1 Å². The number of hydrogen-bond donors (Lipinski definition) is 2. The van der Waals surface area contributed by atoms with Crippen molar-refractivity contribution in [1.29, 1.82) is 0 Å². The summed E-state index contributed by atoms with van der Waals surface area (Å²) in [5.74, 6) is 0.156. The highest BCUT2D eigenvalue weighted by Crippen LogP contribution is 2.36. The molecule has 8 nitrogen and oxygen atoms in total. The van der Waals surface area contributed by atoms with E-state index in [-0.39, 0.29) is 17.7 Å². The first-order chi connectivity index (χ1) is 22.0. The number of rotatable bonds is 11. The van der Waals surface area contributed by atoms with Gasteiger partial charge in [0.15, 0.2) is 0 Å². The van der Waals surface area contributed by atoms with Crippen LogP contribution in [0, 0.1) is 12.8 Å². The van der Waals surface area contributed by atoms with Crippen molar-refractivity contribution in [1.82, 2.24) is 9.88 Å². The van der Waals surface area contributed by atoms with Crippen molar-refractivity contribution in [3.05, 3.63) is 108 Å². The summed E-state index contributed by atoms with van der Waals surface area (Å²) in [7, 11) is 0. The van der Waals surface area contributed by atoms with Gasteiger partial charge in [-0.15, -0.1) is 0 Å². The summed E-state index contributed by atoms with van der Waals surface area (Å²) in [6.07, 6.45) is 5.90. The van der Waals surface area contributed by atoms with Gasteiger partial charge < -0.3 is 25.8 Å². The molecule has 1 saturated heterocycles. The smallest absolute Gasteiger partial charge is 0.255 e. The third kappa shape index (κ3) is 7.35. The van der Waals surface area contributed by atoms with Crippen LogP contribution in [0.1, 0.15) is 40.7 Å². The molecule has 2 aliphatic rings. The lowest BCUT2D eigenvalue weighted by atomic mass is 10.0.